The van der Waals surface area contributed by atoms with Gasteiger partial charge in [0.1, 0.15) is 17.1 Å². The highest BCUT2D eigenvalue weighted by Crippen LogP contribution is 2.37. The first-order chi connectivity index (χ1) is 11.5. The van der Waals surface area contributed by atoms with E-state index in [-0.39, 0.29) is 22.1 Å². The third-order valence-electron chi connectivity index (χ3n) is 3.17. The van der Waals surface area contributed by atoms with Crippen molar-refractivity contribution < 1.29 is 32.7 Å². The summed E-state index contributed by atoms with van der Waals surface area (Å²) in [6, 6.07) is 4.48. The van der Waals surface area contributed by atoms with Crippen molar-refractivity contribution >= 4 is 23.3 Å². The van der Waals surface area contributed by atoms with Crippen LogP contribution in [-0.2, 0) is 6.18 Å². The number of nitro benzene ring substituents is 1. The predicted molar refractivity (Wildman–Crippen MR) is 81.3 cm³/mol. The third-order valence-corrected chi connectivity index (χ3v) is 3.47. The van der Waals surface area contributed by atoms with Crippen LogP contribution in [0.1, 0.15) is 21.5 Å². The van der Waals surface area contributed by atoms with Gasteiger partial charge in [-0.15, -0.1) is 0 Å². The lowest BCUT2D eigenvalue weighted by Gasteiger charge is -2.12. The number of carboxylic acids is 1. The Morgan fingerprint density at radius 2 is 1.92 bits per heavy atom. The maximum atomic E-state index is 12.6. The highest BCUT2D eigenvalue weighted by Gasteiger charge is 2.31. The topological polar surface area (TPSA) is 89.7 Å². The normalized spacial score (nSPS) is 11.2. The lowest BCUT2D eigenvalue weighted by molar-refractivity contribution is -0.385. The molecule has 0 aliphatic heterocycles. The zero-order valence-corrected chi connectivity index (χ0v) is 13.2. The van der Waals surface area contributed by atoms with Gasteiger partial charge in [-0.3, -0.25) is 10.1 Å². The molecule has 2 aromatic rings. The minimum Gasteiger partial charge on any atom is -0.477 e. The Morgan fingerprint density at radius 3 is 2.40 bits per heavy atom. The summed E-state index contributed by atoms with van der Waals surface area (Å²) in [4.78, 5) is 21.3. The Hall–Kier alpha value is -2.81. The van der Waals surface area contributed by atoms with Crippen molar-refractivity contribution in [3.63, 3.8) is 0 Å². The van der Waals surface area contributed by atoms with Gasteiger partial charge in [-0.25, -0.2) is 4.79 Å². The van der Waals surface area contributed by atoms with Gasteiger partial charge in [-0.05, 0) is 31.2 Å². The summed E-state index contributed by atoms with van der Waals surface area (Å²) >= 11 is 5.76. The number of ether oxygens (including phenoxy) is 1. The summed E-state index contributed by atoms with van der Waals surface area (Å²) in [6.07, 6.45) is -4.58. The van der Waals surface area contributed by atoms with Crippen LogP contribution in [0.5, 0.6) is 11.5 Å². The highest BCUT2D eigenvalue weighted by atomic mass is 35.5. The van der Waals surface area contributed by atoms with Crippen molar-refractivity contribution in [3.05, 3.63) is 62.2 Å². The molecule has 0 amide bonds. The third kappa shape index (κ3) is 4.00. The van der Waals surface area contributed by atoms with E-state index >= 15 is 0 Å². The van der Waals surface area contributed by atoms with Crippen molar-refractivity contribution in [2.75, 3.05) is 0 Å². The van der Waals surface area contributed by atoms with Gasteiger partial charge in [0.05, 0.1) is 15.5 Å². The zero-order chi connectivity index (χ0) is 18.9. The minimum atomic E-state index is -4.58. The Bertz CT molecular complexity index is 867. The summed E-state index contributed by atoms with van der Waals surface area (Å²) in [5, 5.41) is 19.7. The van der Waals surface area contributed by atoms with E-state index in [0.717, 1.165) is 18.2 Å². The number of hydrogen-bond acceptors (Lipinski definition) is 4. The lowest BCUT2D eigenvalue weighted by Crippen LogP contribution is -2.06. The molecule has 0 saturated heterocycles. The van der Waals surface area contributed by atoms with Gasteiger partial charge in [0.15, 0.2) is 0 Å². The molecule has 0 aliphatic carbocycles. The number of carbonyl (C=O) groups is 1. The molecule has 0 fully saturated rings. The number of carboxylic acid groups (broad SMARTS) is 1. The summed E-state index contributed by atoms with van der Waals surface area (Å²) in [5.41, 5.74) is -2.17. The molecule has 0 aromatic heterocycles. The van der Waals surface area contributed by atoms with Gasteiger partial charge in [-0.2, -0.15) is 13.2 Å². The van der Waals surface area contributed by atoms with E-state index in [1.54, 1.807) is 0 Å². The van der Waals surface area contributed by atoms with Crippen LogP contribution in [0.2, 0.25) is 5.02 Å². The van der Waals surface area contributed by atoms with E-state index in [1.165, 1.54) is 13.0 Å². The number of halogens is 4. The quantitative estimate of drug-likeness (QED) is 0.595. The number of aromatic carboxylic acids is 1. The fourth-order valence-electron chi connectivity index (χ4n) is 2.10. The molecule has 0 radical (unpaired) electrons. The largest absolute Gasteiger partial charge is 0.477 e. The van der Waals surface area contributed by atoms with Crippen molar-refractivity contribution in [1.82, 2.24) is 0 Å². The first kappa shape index (κ1) is 18.5. The second kappa shape index (κ2) is 6.60. The summed E-state index contributed by atoms with van der Waals surface area (Å²) in [6.45, 7) is 1.31. The summed E-state index contributed by atoms with van der Waals surface area (Å²) < 4.78 is 43.1. The average molecular weight is 376 g/mol. The van der Waals surface area contributed by atoms with E-state index < -0.39 is 33.9 Å². The number of aryl methyl sites for hydroxylation is 1. The Kier molecular flexibility index (Phi) is 4.89. The van der Waals surface area contributed by atoms with Crippen molar-refractivity contribution in [1.29, 1.82) is 0 Å². The van der Waals surface area contributed by atoms with E-state index in [9.17, 15) is 28.1 Å². The second-order valence-corrected chi connectivity index (χ2v) is 5.35. The van der Waals surface area contributed by atoms with E-state index in [2.05, 4.69) is 0 Å². The first-order valence-corrected chi connectivity index (χ1v) is 6.95. The number of alkyl halides is 3. The van der Waals surface area contributed by atoms with Crippen molar-refractivity contribution in [2.45, 2.75) is 13.1 Å². The van der Waals surface area contributed by atoms with Crippen LogP contribution < -0.4 is 4.74 Å². The zero-order valence-electron chi connectivity index (χ0n) is 12.4. The molecule has 0 heterocycles. The van der Waals surface area contributed by atoms with Gasteiger partial charge in [0.2, 0.25) is 0 Å². The fraction of sp³-hybridized carbons (Fsp3) is 0.133. The highest BCUT2D eigenvalue weighted by molar-refractivity contribution is 6.32. The van der Waals surface area contributed by atoms with Crippen LogP contribution in [-0.4, -0.2) is 16.0 Å². The molecule has 6 nitrogen and oxygen atoms in total. The molecule has 0 aliphatic rings. The molecule has 0 saturated carbocycles. The van der Waals surface area contributed by atoms with Gasteiger partial charge < -0.3 is 9.84 Å². The van der Waals surface area contributed by atoms with Crippen LogP contribution >= 0.6 is 11.6 Å². The van der Waals surface area contributed by atoms with Gasteiger partial charge in [0, 0.05) is 11.6 Å². The molecule has 1 N–H and O–H groups in total. The fourth-order valence-corrected chi connectivity index (χ4v) is 2.32. The first-order valence-electron chi connectivity index (χ1n) is 6.57. The smallest absolute Gasteiger partial charge is 0.416 e. The second-order valence-electron chi connectivity index (χ2n) is 4.94. The molecule has 0 bridgehead atoms. The van der Waals surface area contributed by atoms with Crippen LogP contribution in [0.4, 0.5) is 18.9 Å². The molecule has 0 spiro atoms. The maximum absolute atomic E-state index is 12.6. The number of nitrogens with zero attached hydrogens (tertiary/aromatic N) is 1. The summed E-state index contributed by atoms with van der Waals surface area (Å²) in [5.74, 6) is -1.81. The van der Waals surface area contributed by atoms with Crippen LogP contribution in [0.3, 0.4) is 0 Å². The average Bonchev–Trinajstić information content (AvgIpc) is 2.47. The molecule has 0 unspecified atom stereocenters. The van der Waals surface area contributed by atoms with E-state index in [4.69, 9.17) is 21.4 Å². The molecule has 2 aromatic carbocycles. The molecular weight excluding hydrogens is 367 g/mol. The van der Waals surface area contributed by atoms with Gasteiger partial charge >= 0.3 is 12.1 Å². The van der Waals surface area contributed by atoms with E-state index in [1.807, 2.05) is 0 Å². The molecule has 2 rings (SSSR count). The van der Waals surface area contributed by atoms with E-state index in [0.29, 0.717) is 6.07 Å². The Labute approximate surface area is 143 Å². The summed E-state index contributed by atoms with van der Waals surface area (Å²) in [7, 11) is 0. The molecule has 10 heteroatoms. The number of hydrogen-bond donors (Lipinski definition) is 1. The lowest BCUT2D eigenvalue weighted by atomic mass is 10.1. The van der Waals surface area contributed by atoms with Gasteiger partial charge in [-0.1, -0.05) is 11.6 Å². The predicted octanol–water partition coefficient (Wildman–Crippen LogP) is 5.07. The minimum absolute atomic E-state index is 0.0166. The monoisotopic (exact) mass is 375 g/mol. The molecule has 0 atom stereocenters. The van der Waals surface area contributed by atoms with Crippen LogP contribution in [0.15, 0.2) is 30.3 Å². The number of nitro groups is 1. The van der Waals surface area contributed by atoms with Gasteiger partial charge in [0.25, 0.3) is 5.69 Å². The van der Waals surface area contributed by atoms with Crippen LogP contribution in [0.25, 0.3) is 0 Å². The Balaban J connectivity index is 2.45. The standard InChI is InChI=1S/C15H9ClF3NO5/c1-7-4-9(6-10(14(21)22)13(7)20(23)24)25-12-3-2-8(5-11(12)16)15(17,18)19/h2-6H,1H3,(H,21,22). The number of benzene rings is 2. The molecule has 132 valence electrons. The van der Waals surface area contributed by atoms with Crippen molar-refractivity contribution in [2.24, 2.45) is 0 Å². The number of rotatable bonds is 4. The van der Waals surface area contributed by atoms with Crippen LogP contribution in [0, 0.1) is 17.0 Å². The molecule has 25 heavy (non-hydrogen) atoms. The maximum Gasteiger partial charge on any atom is 0.416 e. The van der Waals surface area contributed by atoms with Crippen molar-refractivity contribution in [3.8, 4) is 11.5 Å². The SMILES string of the molecule is Cc1cc(Oc2ccc(C(F)(F)F)cc2Cl)cc(C(=O)O)c1[N+](=O)[O-]. The molecular formula is C15H9ClF3NO5. The Morgan fingerprint density at radius 1 is 1.28 bits per heavy atom.